The van der Waals surface area contributed by atoms with E-state index in [9.17, 15) is 4.80 Å². The zero-order valence-corrected chi connectivity index (χ0v) is 37.3. The Morgan fingerprint density at radius 1 is 1.02 bits per heavy atom. The van der Waals surface area contributed by atoms with Crippen molar-refractivity contribution >= 4 is 25.0 Å². The topological polar surface area (TPSA) is 38.7 Å². The number of hydrogen-bond acceptors (Lipinski definition) is 3. The Morgan fingerprint density at radius 2 is 1.60 bits per heavy atom. The van der Waals surface area contributed by atoms with Gasteiger partial charge in [0.25, 0.3) is 0 Å². The summed E-state index contributed by atoms with van der Waals surface area (Å²) in [6, 6.07) is 3.72. The van der Waals surface area contributed by atoms with Crippen LogP contribution in [0.25, 0.3) is 0 Å². The zero-order valence-electron chi connectivity index (χ0n) is 34.3. The molecule has 0 aromatic heterocycles. The van der Waals surface area contributed by atoms with Gasteiger partial charge in [-0.25, -0.2) is 0 Å². The smallest absolute Gasteiger partial charge is 0.192 e. The van der Waals surface area contributed by atoms with E-state index in [2.05, 4.69) is 121 Å². The number of rotatable bonds is 17. The van der Waals surface area contributed by atoms with Crippen molar-refractivity contribution < 1.29 is 13.6 Å². The highest BCUT2D eigenvalue weighted by Gasteiger charge is 2.51. The monoisotopic (exact) mass is 705 g/mol. The summed E-state index contributed by atoms with van der Waals surface area (Å²) in [5, 5.41) is 0.0460. The summed E-state index contributed by atoms with van der Waals surface area (Å²) in [6.45, 7) is 42.7. The van der Waals surface area contributed by atoms with Gasteiger partial charge in [-0.05, 0) is 141 Å². The van der Waals surface area contributed by atoms with E-state index in [1.54, 1.807) is 5.57 Å². The van der Waals surface area contributed by atoms with E-state index < -0.39 is 25.0 Å². The van der Waals surface area contributed by atoms with Crippen LogP contribution in [-0.2, 0) is 8.85 Å². The van der Waals surface area contributed by atoms with Gasteiger partial charge < -0.3 is 13.6 Å². The first-order chi connectivity index (χ1) is 21.4. The van der Waals surface area contributed by atoms with Crippen LogP contribution in [0, 0.1) is 29.1 Å². The molecule has 2 fully saturated rings. The fraction of sp³-hybridized carbons (Fsp3) is 0.854. The lowest BCUT2D eigenvalue weighted by atomic mass is 9.61. The largest absolute Gasteiger partial charge is 0.432 e. The van der Waals surface area contributed by atoms with Crippen LogP contribution in [0.1, 0.15) is 128 Å². The lowest BCUT2D eigenvalue weighted by Gasteiger charge is -2.45. The molecule has 47 heavy (non-hydrogen) atoms. The predicted octanol–water partition coefficient (Wildman–Crippen LogP) is 13.1. The highest BCUT2D eigenvalue weighted by molar-refractivity contribution is 6.74. The summed E-state index contributed by atoms with van der Waals surface area (Å²) < 4.78 is 14.0. The predicted molar refractivity (Wildman–Crippen MR) is 216 cm³/mol. The second-order valence-electron chi connectivity index (χ2n) is 19.1. The quantitative estimate of drug-likeness (QED) is 0.121. The molecule has 2 aliphatic carbocycles. The second kappa shape index (κ2) is 16.4. The molecule has 0 aromatic rings. The van der Waals surface area contributed by atoms with E-state index in [1.165, 1.54) is 61.4 Å². The zero-order chi connectivity index (χ0) is 36.2. The van der Waals surface area contributed by atoms with Gasteiger partial charge in [-0.15, -0.1) is 0 Å². The third-order valence-electron chi connectivity index (χ3n) is 14.2. The fourth-order valence-corrected chi connectivity index (χ4v) is 13.4. The number of fused-ring (bicyclic) bond motifs is 1. The minimum atomic E-state index is -2.31. The van der Waals surface area contributed by atoms with Crippen LogP contribution >= 0.6 is 0 Å². The molecule has 0 heterocycles. The maximum absolute atomic E-state index is 11.0. The Morgan fingerprint density at radius 3 is 2.11 bits per heavy atom. The summed E-state index contributed by atoms with van der Waals surface area (Å²) in [5.74, 6) is 2.36. The molecule has 0 saturated heterocycles. The minimum absolute atomic E-state index is 0.00169. The summed E-state index contributed by atoms with van der Waals surface area (Å²) in [4.78, 5) is 11.0. The first-order valence-corrected chi connectivity index (χ1v) is 27.9. The molecular formula is C41H80O3Si3. The molecule has 0 spiro atoms. The van der Waals surface area contributed by atoms with Gasteiger partial charge in [0.05, 0.1) is 6.10 Å². The summed E-state index contributed by atoms with van der Waals surface area (Å²) >= 11 is 0. The molecule has 3 nitrogen and oxygen atoms in total. The molecule has 0 amide bonds. The second-order valence-corrected chi connectivity index (χ2v) is 33.1. The van der Waals surface area contributed by atoms with E-state index in [0.717, 1.165) is 25.4 Å². The molecule has 0 aromatic carbocycles. The van der Waals surface area contributed by atoms with Crippen molar-refractivity contribution in [1.29, 1.82) is 0 Å². The van der Waals surface area contributed by atoms with Crippen LogP contribution in [0.5, 0.6) is 0 Å². The van der Waals surface area contributed by atoms with E-state index in [4.69, 9.17) is 15.4 Å². The van der Waals surface area contributed by atoms with E-state index in [0.29, 0.717) is 17.3 Å². The molecule has 6 atom stereocenters. The molecule has 0 bridgehead atoms. The third kappa shape index (κ3) is 10.4. The first kappa shape index (κ1) is 42.9. The van der Waals surface area contributed by atoms with Crippen LogP contribution in [0.3, 0.4) is 0 Å². The maximum atomic E-state index is 11.0. The van der Waals surface area contributed by atoms with E-state index >= 15 is 0 Å². The molecule has 2 saturated carbocycles. The number of hydrogen-bond donors (Lipinski definition) is 1. The van der Waals surface area contributed by atoms with Crippen molar-refractivity contribution in [3.8, 4) is 0 Å². The SMILES string of the molecule is C=C([C@@H](C)CC(C)(C)[Si](C)(C)O)[C@@H](C/C(C)=C/C=C1\CCC[C@]2(C)[C@@H]([C@@H](C)CO[Si](CC)(CC)CC)CC[C@@H]12)O[Si](C)(C)C(C)(C)C. The van der Waals surface area contributed by atoms with Gasteiger partial charge in [0, 0.05) is 6.61 Å². The van der Waals surface area contributed by atoms with Gasteiger partial charge in [-0.2, -0.15) is 0 Å². The summed E-state index contributed by atoms with van der Waals surface area (Å²) in [5.41, 5.74) is 4.65. The van der Waals surface area contributed by atoms with Crippen molar-refractivity contribution in [2.75, 3.05) is 6.61 Å². The fourth-order valence-electron chi connectivity index (χ4n) is 8.55. The summed E-state index contributed by atoms with van der Waals surface area (Å²) in [7, 11) is -5.89. The van der Waals surface area contributed by atoms with Gasteiger partial charge in [-0.3, -0.25) is 0 Å². The van der Waals surface area contributed by atoms with Crippen LogP contribution in [0.15, 0.2) is 35.5 Å². The highest BCUT2D eigenvalue weighted by atomic mass is 28.4. The number of allylic oxidation sites excluding steroid dienone is 3. The molecule has 1 N–H and O–H groups in total. The lowest BCUT2D eigenvalue weighted by Crippen LogP contribution is -2.45. The normalized spacial score (nSPS) is 26.3. The van der Waals surface area contributed by atoms with Crippen molar-refractivity contribution in [2.24, 2.45) is 29.1 Å². The van der Waals surface area contributed by atoms with Crippen LogP contribution in [-0.4, -0.2) is 42.5 Å². The molecule has 2 aliphatic rings. The van der Waals surface area contributed by atoms with Crippen LogP contribution in [0.2, 0.25) is 54.4 Å². The average molecular weight is 705 g/mol. The molecule has 0 aliphatic heterocycles. The van der Waals surface area contributed by atoms with Crippen molar-refractivity contribution in [3.05, 3.63) is 35.5 Å². The molecule has 2 rings (SSSR count). The van der Waals surface area contributed by atoms with Crippen LogP contribution in [0.4, 0.5) is 0 Å². The van der Waals surface area contributed by atoms with Gasteiger partial charge in [0.15, 0.2) is 25.0 Å². The van der Waals surface area contributed by atoms with Crippen molar-refractivity contribution in [1.82, 2.24) is 0 Å². The van der Waals surface area contributed by atoms with Gasteiger partial charge >= 0.3 is 0 Å². The third-order valence-corrected chi connectivity index (χ3v) is 26.8. The van der Waals surface area contributed by atoms with Gasteiger partial charge in [-0.1, -0.05) is 106 Å². The Bertz CT molecular complexity index is 1080. The van der Waals surface area contributed by atoms with Crippen LogP contribution < -0.4 is 0 Å². The van der Waals surface area contributed by atoms with Gasteiger partial charge in [0.1, 0.15) is 0 Å². The minimum Gasteiger partial charge on any atom is -0.432 e. The molecular weight excluding hydrogens is 625 g/mol. The van der Waals surface area contributed by atoms with Crippen molar-refractivity contribution in [2.45, 2.75) is 189 Å². The van der Waals surface area contributed by atoms with Crippen molar-refractivity contribution in [3.63, 3.8) is 0 Å². The van der Waals surface area contributed by atoms with E-state index in [-0.39, 0.29) is 22.1 Å². The highest BCUT2D eigenvalue weighted by Crippen LogP contribution is 2.59. The maximum Gasteiger partial charge on any atom is 0.192 e. The Balaban J connectivity index is 2.28. The summed E-state index contributed by atoms with van der Waals surface area (Å²) in [6.07, 6.45) is 13.3. The lowest BCUT2D eigenvalue weighted by molar-refractivity contribution is 0.0721. The average Bonchev–Trinajstić information content (AvgIpc) is 3.32. The first-order valence-electron chi connectivity index (χ1n) is 19.5. The molecule has 0 radical (unpaired) electrons. The molecule has 0 unspecified atom stereocenters. The van der Waals surface area contributed by atoms with E-state index in [1.807, 2.05) is 0 Å². The molecule has 274 valence electrons. The standard InChI is InChI=1S/C41H80O3Si3/c1-18-47(19-2,20-3)43-30-33(6)36-25-26-37-35(22-21-27-41(36,37)13)24-23-31(4)28-38(44-46(16,17)39(8,9)10)34(7)32(5)29-40(11,12)45(14,15)42/h23-24,32-33,36-38,42H,7,18-22,25-30H2,1-6,8-17H3/b31-23+,35-24+/t32-,33-,36+,37-,38+,41+/m0/s1. The Labute approximate surface area is 297 Å². The van der Waals surface area contributed by atoms with Gasteiger partial charge in [0.2, 0.25) is 0 Å². The Kier molecular flexibility index (Phi) is 15.0. The Hall–Kier alpha value is -0.249. The molecule has 6 heteroatoms.